The van der Waals surface area contributed by atoms with Crippen LogP contribution in [0.4, 0.5) is 0 Å². The molecule has 1 aromatic rings. The van der Waals surface area contributed by atoms with Crippen LogP contribution in [0.25, 0.3) is 0 Å². The van der Waals surface area contributed by atoms with Gasteiger partial charge in [0.25, 0.3) is 0 Å². The van der Waals surface area contributed by atoms with Crippen molar-refractivity contribution in [3.05, 3.63) is 17.8 Å². The van der Waals surface area contributed by atoms with Crippen LogP contribution in [-0.2, 0) is 13.0 Å². The third kappa shape index (κ3) is 2.11. The molecule has 94 valence electrons. The van der Waals surface area contributed by atoms with Gasteiger partial charge in [0.2, 0.25) is 5.89 Å². The summed E-state index contributed by atoms with van der Waals surface area (Å²) in [6.45, 7) is 2.95. The van der Waals surface area contributed by atoms with Crippen LogP contribution in [0.3, 0.4) is 0 Å². The molecular formula is C13H21N3O. The average Bonchev–Trinajstić information content (AvgIpc) is 2.85. The van der Waals surface area contributed by atoms with E-state index in [2.05, 4.69) is 16.8 Å². The van der Waals surface area contributed by atoms with Crippen LogP contribution in [0, 0.1) is 0 Å². The summed E-state index contributed by atoms with van der Waals surface area (Å²) in [5.74, 6) is 1.86. The van der Waals surface area contributed by atoms with E-state index in [0.29, 0.717) is 18.1 Å². The molecule has 2 atom stereocenters. The molecule has 0 amide bonds. The fraction of sp³-hybridized carbons (Fsp3) is 0.769. The van der Waals surface area contributed by atoms with Crippen LogP contribution < -0.4 is 5.73 Å². The highest BCUT2D eigenvalue weighted by Crippen LogP contribution is 2.36. The predicted molar refractivity (Wildman–Crippen MR) is 65.4 cm³/mol. The van der Waals surface area contributed by atoms with Crippen molar-refractivity contribution in [3.8, 4) is 0 Å². The maximum absolute atomic E-state index is 6.07. The number of fused-ring (bicyclic) bond motifs is 2. The highest BCUT2D eigenvalue weighted by molar-refractivity contribution is 5.00. The Balaban J connectivity index is 1.69. The van der Waals surface area contributed by atoms with E-state index in [1.807, 2.05) is 6.20 Å². The van der Waals surface area contributed by atoms with Crippen molar-refractivity contribution in [2.75, 3.05) is 0 Å². The van der Waals surface area contributed by atoms with Gasteiger partial charge in [-0.1, -0.05) is 6.92 Å². The van der Waals surface area contributed by atoms with Crippen molar-refractivity contribution in [2.24, 2.45) is 5.73 Å². The largest absolute Gasteiger partial charge is 0.444 e. The summed E-state index contributed by atoms with van der Waals surface area (Å²) in [5, 5.41) is 0. The number of hydrogen-bond donors (Lipinski definition) is 1. The Morgan fingerprint density at radius 2 is 2.12 bits per heavy atom. The molecule has 0 aromatic carbocycles. The molecule has 0 spiro atoms. The van der Waals surface area contributed by atoms with Gasteiger partial charge in [-0.05, 0) is 25.7 Å². The van der Waals surface area contributed by atoms with E-state index in [9.17, 15) is 0 Å². The molecule has 17 heavy (non-hydrogen) atoms. The maximum Gasteiger partial charge on any atom is 0.208 e. The van der Waals surface area contributed by atoms with Gasteiger partial charge in [0.15, 0.2) is 0 Å². The van der Waals surface area contributed by atoms with Crippen molar-refractivity contribution >= 4 is 0 Å². The van der Waals surface area contributed by atoms with Crippen molar-refractivity contribution < 1.29 is 4.42 Å². The van der Waals surface area contributed by atoms with Crippen LogP contribution in [0.1, 0.15) is 44.3 Å². The van der Waals surface area contributed by atoms with Crippen LogP contribution in [0.2, 0.25) is 0 Å². The number of hydrogen-bond acceptors (Lipinski definition) is 4. The second-order valence-electron chi connectivity index (χ2n) is 5.36. The molecule has 2 saturated heterocycles. The zero-order chi connectivity index (χ0) is 11.8. The van der Waals surface area contributed by atoms with Crippen LogP contribution in [0.15, 0.2) is 10.6 Å². The number of rotatable bonds is 3. The Kier molecular flexibility index (Phi) is 2.92. The fourth-order valence-corrected chi connectivity index (χ4v) is 3.32. The van der Waals surface area contributed by atoms with Gasteiger partial charge in [-0.2, -0.15) is 0 Å². The Morgan fingerprint density at radius 1 is 1.41 bits per heavy atom. The van der Waals surface area contributed by atoms with Crippen LogP contribution in [-0.4, -0.2) is 28.0 Å². The number of nitrogens with zero attached hydrogens (tertiary/aromatic N) is 2. The van der Waals surface area contributed by atoms with Gasteiger partial charge < -0.3 is 10.2 Å². The highest BCUT2D eigenvalue weighted by Gasteiger charge is 2.39. The summed E-state index contributed by atoms with van der Waals surface area (Å²) < 4.78 is 5.70. The third-order valence-corrected chi connectivity index (χ3v) is 4.19. The van der Waals surface area contributed by atoms with E-state index in [1.54, 1.807) is 0 Å². The molecule has 3 rings (SSSR count). The maximum atomic E-state index is 6.07. The molecule has 4 heteroatoms. The number of nitrogens with two attached hydrogens (primary N) is 1. The Hall–Kier alpha value is -0.870. The molecule has 2 fully saturated rings. The molecule has 1 aromatic heterocycles. The van der Waals surface area contributed by atoms with Gasteiger partial charge >= 0.3 is 0 Å². The summed E-state index contributed by atoms with van der Waals surface area (Å²) in [6, 6.07) is 1.71. The first-order valence-electron chi connectivity index (χ1n) is 6.71. The standard InChI is InChI=1S/C13H21N3O/c1-2-12-7-15-13(17-12)8-16-10-3-4-11(16)6-9(14)5-10/h7,9-11H,2-6,8,14H2,1H3. The topological polar surface area (TPSA) is 55.3 Å². The molecule has 0 radical (unpaired) electrons. The third-order valence-electron chi connectivity index (χ3n) is 4.19. The molecule has 0 saturated carbocycles. The van der Waals surface area contributed by atoms with Crippen LogP contribution >= 0.6 is 0 Å². The fourth-order valence-electron chi connectivity index (χ4n) is 3.32. The van der Waals surface area contributed by atoms with Crippen molar-refractivity contribution in [2.45, 2.75) is 63.7 Å². The first-order valence-corrected chi connectivity index (χ1v) is 6.71. The summed E-state index contributed by atoms with van der Waals surface area (Å²) in [7, 11) is 0. The molecule has 2 aliphatic heterocycles. The first-order chi connectivity index (χ1) is 8.26. The molecule has 4 nitrogen and oxygen atoms in total. The second kappa shape index (κ2) is 4.42. The number of piperidine rings is 1. The van der Waals surface area contributed by atoms with E-state index in [1.165, 1.54) is 12.8 Å². The van der Waals surface area contributed by atoms with E-state index < -0.39 is 0 Å². The summed E-state index contributed by atoms with van der Waals surface area (Å²) in [4.78, 5) is 6.91. The zero-order valence-corrected chi connectivity index (χ0v) is 10.4. The molecule has 2 N–H and O–H groups in total. The molecule has 0 aliphatic carbocycles. The molecular weight excluding hydrogens is 214 g/mol. The lowest BCUT2D eigenvalue weighted by Gasteiger charge is -2.36. The molecule has 3 heterocycles. The number of aryl methyl sites for hydroxylation is 1. The summed E-state index contributed by atoms with van der Waals surface area (Å²) in [5.41, 5.74) is 6.07. The van der Waals surface area contributed by atoms with E-state index in [-0.39, 0.29) is 0 Å². The lowest BCUT2D eigenvalue weighted by Crippen LogP contribution is -2.46. The monoisotopic (exact) mass is 235 g/mol. The number of aromatic nitrogens is 1. The average molecular weight is 235 g/mol. The minimum absolute atomic E-state index is 0.402. The zero-order valence-electron chi connectivity index (χ0n) is 10.4. The smallest absolute Gasteiger partial charge is 0.208 e. The van der Waals surface area contributed by atoms with E-state index in [0.717, 1.165) is 37.5 Å². The minimum atomic E-state index is 0.402. The van der Waals surface area contributed by atoms with Gasteiger partial charge in [0.1, 0.15) is 5.76 Å². The van der Waals surface area contributed by atoms with Gasteiger partial charge in [-0.3, -0.25) is 4.90 Å². The normalized spacial score (nSPS) is 33.2. The van der Waals surface area contributed by atoms with Gasteiger partial charge in [0.05, 0.1) is 12.7 Å². The van der Waals surface area contributed by atoms with Gasteiger partial charge in [-0.25, -0.2) is 4.98 Å². The molecule has 2 bridgehead atoms. The minimum Gasteiger partial charge on any atom is -0.444 e. The number of oxazole rings is 1. The van der Waals surface area contributed by atoms with E-state index >= 15 is 0 Å². The van der Waals surface area contributed by atoms with Crippen LogP contribution in [0.5, 0.6) is 0 Å². The van der Waals surface area contributed by atoms with E-state index in [4.69, 9.17) is 10.2 Å². The van der Waals surface area contributed by atoms with Gasteiger partial charge in [0, 0.05) is 24.5 Å². The predicted octanol–water partition coefficient (Wildman–Crippen LogP) is 1.69. The van der Waals surface area contributed by atoms with Crippen molar-refractivity contribution in [1.29, 1.82) is 0 Å². The lowest BCUT2D eigenvalue weighted by atomic mass is 9.98. The SMILES string of the molecule is CCc1cnc(CN2C3CCC2CC(N)C3)o1. The summed E-state index contributed by atoms with van der Waals surface area (Å²) in [6.07, 6.45) is 7.63. The van der Waals surface area contributed by atoms with Crippen molar-refractivity contribution in [1.82, 2.24) is 9.88 Å². The molecule has 2 aliphatic rings. The molecule has 2 unspecified atom stereocenters. The lowest BCUT2D eigenvalue weighted by molar-refractivity contribution is 0.108. The Labute approximate surface area is 102 Å². The quantitative estimate of drug-likeness (QED) is 0.866. The highest BCUT2D eigenvalue weighted by atomic mass is 16.4. The first kappa shape index (κ1) is 11.2. The second-order valence-corrected chi connectivity index (χ2v) is 5.36. The Morgan fingerprint density at radius 3 is 2.71 bits per heavy atom. The van der Waals surface area contributed by atoms with Crippen molar-refractivity contribution in [3.63, 3.8) is 0 Å². The van der Waals surface area contributed by atoms with Gasteiger partial charge in [-0.15, -0.1) is 0 Å². The Bertz CT molecular complexity index is 376. The summed E-state index contributed by atoms with van der Waals surface area (Å²) >= 11 is 0.